The highest BCUT2D eigenvalue weighted by molar-refractivity contribution is 5.94. The Bertz CT molecular complexity index is 440. The maximum Gasteiger partial charge on any atom is 0.253 e. The molecule has 4 rings (SSSR count). The molecule has 3 aliphatic rings. The molecule has 0 spiro atoms. The van der Waals surface area contributed by atoms with E-state index in [2.05, 4.69) is 15.2 Å². The van der Waals surface area contributed by atoms with Gasteiger partial charge in [-0.1, -0.05) is 0 Å². The number of nitrogens with one attached hydrogen (secondary N) is 1. The first-order chi connectivity index (χ1) is 8.72. The fraction of sp³-hybridized carbons (Fsp3) is 0.538. The molecular formula is C13H16FN3O. The highest BCUT2D eigenvalue weighted by Crippen LogP contribution is 2.27. The highest BCUT2D eigenvalue weighted by Gasteiger charge is 2.34. The molecule has 0 saturated carbocycles. The van der Waals surface area contributed by atoms with E-state index in [9.17, 15) is 9.18 Å². The van der Waals surface area contributed by atoms with Crippen LogP contribution in [0.5, 0.6) is 0 Å². The predicted octanol–water partition coefficient (Wildman–Crippen LogP) is 1.04. The molecule has 1 aromatic rings. The van der Waals surface area contributed by atoms with Crippen LogP contribution in [-0.4, -0.2) is 41.5 Å². The van der Waals surface area contributed by atoms with Crippen LogP contribution < -0.4 is 5.32 Å². The van der Waals surface area contributed by atoms with Crippen LogP contribution in [0.3, 0.4) is 0 Å². The van der Waals surface area contributed by atoms with Crippen LogP contribution in [0.1, 0.15) is 23.2 Å². The Hall–Kier alpha value is -1.49. The number of piperidine rings is 3. The van der Waals surface area contributed by atoms with Crippen molar-refractivity contribution in [3.63, 3.8) is 0 Å². The zero-order valence-corrected chi connectivity index (χ0v) is 10.1. The van der Waals surface area contributed by atoms with Gasteiger partial charge in [-0.2, -0.15) is 4.39 Å². The minimum Gasteiger partial charge on any atom is -0.348 e. The van der Waals surface area contributed by atoms with Gasteiger partial charge >= 0.3 is 0 Å². The summed E-state index contributed by atoms with van der Waals surface area (Å²) in [6.45, 7) is 3.23. The van der Waals surface area contributed by atoms with E-state index in [-0.39, 0.29) is 11.9 Å². The number of aromatic nitrogens is 1. The molecule has 3 aliphatic heterocycles. The number of amides is 1. The second kappa shape index (κ2) is 4.65. The van der Waals surface area contributed by atoms with Crippen molar-refractivity contribution < 1.29 is 9.18 Å². The van der Waals surface area contributed by atoms with Crippen molar-refractivity contribution in [2.24, 2.45) is 5.92 Å². The number of nitrogens with zero attached hydrogens (tertiary/aromatic N) is 2. The van der Waals surface area contributed by atoms with Gasteiger partial charge in [0.05, 0.1) is 5.56 Å². The average molecular weight is 249 g/mol. The first-order valence-corrected chi connectivity index (χ1v) is 6.37. The summed E-state index contributed by atoms with van der Waals surface area (Å²) in [5.41, 5.74) is 0.424. The summed E-state index contributed by atoms with van der Waals surface area (Å²) in [7, 11) is 0. The normalized spacial score (nSPS) is 30.2. The smallest absolute Gasteiger partial charge is 0.253 e. The van der Waals surface area contributed by atoms with E-state index < -0.39 is 5.95 Å². The van der Waals surface area contributed by atoms with Crippen molar-refractivity contribution in [2.75, 3.05) is 19.6 Å². The standard InChI is InChI=1S/C13H16FN3O/c14-12-2-1-10(7-15-12)13(18)16-11-8-17-5-3-9(11)4-6-17/h1-2,7,9,11H,3-6,8H2,(H,16,18). The summed E-state index contributed by atoms with van der Waals surface area (Å²) in [6.07, 6.45) is 3.60. The number of fused-ring (bicyclic) bond motifs is 3. The Morgan fingerprint density at radius 1 is 1.39 bits per heavy atom. The number of rotatable bonds is 2. The average Bonchev–Trinajstić information content (AvgIpc) is 2.41. The summed E-state index contributed by atoms with van der Waals surface area (Å²) in [5.74, 6) is -0.122. The van der Waals surface area contributed by atoms with E-state index in [0.717, 1.165) is 32.5 Å². The van der Waals surface area contributed by atoms with Gasteiger partial charge in [-0.05, 0) is 44.0 Å². The molecule has 3 saturated heterocycles. The van der Waals surface area contributed by atoms with E-state index in [4.69, 9.17) is 0 Å². The van der Waals surface area contributed by atoms with Crippen molar-refractivity contribution in [2.45, 2.75) is 18.9 Å². The van der Waals surface area contributed by atoms with Crippen LogP contribution in [0.4, 0.5) is 4.39 Å². The maximum absolute atomic E-state index is 12.7. The van der Waals surface area contributed by atoms with Crippen molar-refractivity contribution in [3.05, 3.63) is 29.8 Å². The van der Waals surface area contributed by atoms with Gasteiger partial charge in [0.25, 0.3) is 5.91 Å². The fourth-order valence-electron chi connectivity index (χ4n) is 2.89. The lowest BCUT2D eigenvalue weighted by atomic mass is 9.84. The Morgan fingerprint density at radius 3 is 2.72 bits per heavy atom. The molecule has 5 heteroatoms. The molecule has 1 unspecified atom stereocenters. The molecule has 4 nitrogen and oxygen atoms in total. The molecule has 3 fully saturated rings. The third-order valence-corrected chi connectivity index (χ3v) is 3.96. The number of carbonyl (C=O) groups excluding carboxylic acids is 1. The molecule has 0 aliphatic carbocycles. The zero-order valence-electron chi connectivity index (χ0n) is 10.1. The molecule has 1 N–H and O–H groups in total. The van der Waals surface area contributed by atoms with E-state index in [1.165, 1.54) is 18.3 Å². The van der Waals surface area contributed by atoms with Crippen molar-refractivity contribution in [1.82, 2.24) is 15.2 Å². The minimum absolute atomic E-state index is 0.152. The molecule has 1 aromatic heterocycles. The van der Waals surface area contributed by atoms with Crippen molar-refractivity contribution in [3.8, 4) is 0 Å². The van der Waals surface area contributed by atoms with Crippen LogP contribution in [0, 0.1) is 11.9 Å². The van der Waals surface area contributed by atoms with Gasteiger partial charge in [0.1, 0.15) is 0 Å². The SMILES string of the molecule is O=C(NC1CN2CCC1CC2)c1ccc(F)nc1. The van der Waals surface area contributed by atoms with Crippen LogP contribution in [-0.2, 0) is 0 Å². The van der Waals surface area contributed by atoms with E-state index in [1.807, 2.05) is 0 Å². The van der Waals surface area contributed by atoms with Gasteiger partial charge in [0.2, 0.25) is 5.95 Å². The Morgan fingerprint density at radius 2 is 2.17 bits per heavy atom. The number of pyridine rings is 1. The van der Waals surface area contributed by atoms with Gasteiger partial charge in [0, 0.05) is 18.8 Å². The number of halogens is 1. The van der Waals surface area contributed by atoms with Gasteiger partial charge in [-0.15, -0.1) is 0 Å². The number of carbonyl (C=O) groups is 1. The summed E-state index contributed by atoms with van der Waals surface area (Å²) in [4.78, 5) is 17.9. The summed E-state index contributed by atoms with van der Waals surface area (Å²) >= 11 is 0. The number of hydrogen-bond donors (Lipinski definition) is 1. The Balaban J connectivity index is 1.66. The van der Waals surface area contributed by atoms with Gasteiger partial charge < -0.3 is 10.2 Å². The Kier molecular flexibility index (Phi) is 2.99. The molecule has 0 aromatic carbocycles. The van der Waals surface area contributed by atoms with Crippen LogP contribution in [0.2, 0.25) is 0 Å². The lowest BCUT2D eigenvalue weighted by molar-refractivity contribution is 0.0620. The summed E-state index contributed by atoms with van der Waals surface area (Å²) < 4.78 is 12.7. The van der Waals surface area contributed by atoms with Crippen molar-refractivity contribution >= 4 is 5.91 Å². The van der Waals surface area contributed by atoms with Crippen LogP contribution in [0.15, 0.2) is 18.3 Å². The monoisotopic (exact) mass is 249 g/mol. The molecule has 1 atom stereocenters. The molecule has 1 amide bonds. The zero-order chi connectivity index (χ0) is 12.5. The predicted molar refractivity (Wildman–Crippen MR) is 64.6 cm³/mol. The van der Waals surface area contributed by atoms with Gasteiger partial charge in [0.15, 0.2) is 0 Å². The van der Waals surface area contributed by atoms with E-state index >= 15 is 0 Å². The lowest BCUT2D eigenvalue weighted by Crippen LogP contribution is -2.57. The molecule has 96 valence electrons. The first kappa shape index (κ1) is 11.6. The second-order valence-corrected chi connectivity index (χ2v) is 5.09. The van der Waals surface area contributed by atoms with Crippen LogP contribution in [0.25, 0.3) is 0 Å². The molecule has 2 bridgehead atoms. The second-order valence-electron chi connectivity index (χ2n) is 5.09. The number of hydrogen-bond acceptors (Lipinski definition) is 3. The van der Waals surface area contributed by atoms with Gasteiger partial charge in [-0.25, -0.2) is 4.98 Å². The third kappa shape index (κ3) is 2.22. The summed E-state index contributed by atoms with van der Waals surface area (Å²) in [5, 5.41) is 3.04. The van der Waals surface area contributed by atoms with Crippen molar-refractivity contribution in [1.29, 1.82) is 0 Å². The van der Waals surface area contributed by atoms with Gasteiger partial charge in [-0.3, -0.25) is 4.79 Å². The maximum atomic E-state index is 12.7. The quantitative estimate of drug-likeness (QED) is 0.797. The first-order valence-electron chi connectivity index (χ1n) is 6.37. The lowest BCUT2D eigenvalue weighted by Gasteiger charge is -2.44. The summed E-state index contributed by atoms with van der Waals surface area (Å²) in [6, 6.07) is 2.91. The third-order valence-electron chi connectivity index (χ3n) is 3.96. The Labute approximate surface area is 105 Å². The minimum atomic E-state index is -0.561. The highest BCUT2D eigenvalue weighted by atomic mass is 19.1. The fourth-order valence-corrected chi connectivity index (χ4v) is 2.89. The largest absolute Gasteiger partial charge is 0.348 e. The molecule has 4 heterocycles. The molecule has 18 heavy (non-hydrogen) atoms. The topological polar surface area (TPSA) is 45.2 Å². The van der Waals surface area contributed by atoms with E-state index in [0.29, 0.717) is 11.5 Å². The van der Waals surface area contributed by atoms with E-state index in [1.54, 1.807) is 0 Å². The van der Waals surface area contributed by atoms with Crippen LogP contribution >= 0.6 is 0 Å². The molecular weight excluding hydrogens is 233 g/mol. The molecule has 0 radical (unpaired) electrons.